The van der Waals surface area contributed by atoms with Crippen molar-refractivity contribution in [2.75, 3.05) is 5.73 Å². The Hall–Kier alpha value is -2.51. The lowest BCUT2D eigenvalue weighted by Gasteiger charge is -2.13. The number of nitrogens with two attached hydrogens (primary N) is 1. The van der Waals surface area contributed by atoms with Crippen LogP contribution in [-0.2, 0) is 6.18 Å². The average Bonchev–Trinajstić information content (AvgIpc) is 2.28. The van der Waals surface area contributed by atoms with E-state index in [4.69, 9.17) is 10.5 Å². The van der Waals surface area contributed by atoms with Crippen molar-refractivity contribution in [3.8, 4) is 11.6 Å². The summed E-state index contributed by atoms with van der Waals surface area (Å²) in [6, 6.07) is 4.07. The van der Waals surface area contributed by atoms with E-state index in [-0.39, 0.29) is 17.4 Å². The van der Waals surface area contributed by atoms with Gasteiger partial charge in [-0.2, -0.15) is 13.2 Å². The highest BCUT2D eigenvalue weighted by molar-refractivity contribution is 5.49. The normalized spacial score (nSPS) is 11.4. The van der Waals surface area contributed by atoms with Crippen LogP contribution in [0.3, 0.4) is 0 Å². The topological polar surface area (TPSA) is 81.0 Å². The Morgan fingerprint density at radius 2 is 2.00 bits per heavy atom. The maximum absolute atomic E-state index is 12.9. The van der Waals surface area contributed by atoms with E-state index in [0.29, 0.717) is 0 Å². The van der Waals surface area contributed by atoms with Crippen LogP contribution in [0, 0.1) is 6.92 Å². The van der Waals surface area contributed by atoms with Crippen LogP contribution in [0.25, 0.3) is 0 Å². The molecule has 2 rings (SSSR count). The predicted octanol–water partition coefficient (Wildman–Crippen LogP) is 2.47. The van der Waals surface area contributed by atoms with E-state index in [2.05, 4.69) is 9.97 Å². The summed E-state index contributed by atoms with van der Waals surface area (Å²) in [7, 11) is 0. The van der Waals surface area contributed by atoms with Crippen LogP contribution in [-0.4, -0.2) is 9.97 Å². The number of anilines is 1. The summed E-state index contributed by atoms with van der Waals surface area (Å²) in [6.45, 7) is 1.49. The zero-order chi connectivity index (χ0) is 14.9. The number of hydrogen-bond acceptors (Lipinski definition) is 4. The Kier molecular flexibility index (Phi) is 3.39. The molecular weight excluding hydrogens is 275 g/mol. The number of aromatic amines is 1. The minimum Gasteiger partial charge on any atom is -0.438 e. The minimum absolute atomic E-state index is 0.0419. The highest BCUT2D eigenvalue weighted by Crippen LogP contribution is 2.38. The smallest absolute Gasteiger partial charge is 0.420 e. The van der Waals surface area contributed by atoms with E-state index >= 15 is 0 Å². The molecule has 2 aromatic rings. The lowest BCUT2D eigenvalue weighted by molar-refractivity contribution is -0.138. The molecule has 0 aliphatic heterocycles. The van der Waals surface area contributed by atoms with Crippen LogP contribution in [0.5, 0.6) is 11.6 Å². The highest BCUT2D eigenvalue weighted by atomic mass is 19.4. The van der Waals surface area contributed by atoms with Crippen molar-refractivity contribution in [1.29, 1.82) is 0 Å². The van der Waals surface area contributed by atoms with Crippen molar-refractivity contribution >= 4 is 5.69 Å². The fraction of sp³-hybridized carbons (Fsp3) is 0.167. The van der Waals surface area contributed by atoms with E-state index in [9.17, 15) is 18.0 Å². The van der Waals surface area contributed by atoms with Gasteiger partial charge in [0.05, 0.1) is 6.07 Å². The lowest BCUT2D eigenvalue weighted by Crippen LogP contribution is -2.11. The largest absolute Gasteiger partial charge is 0.438 e. The van der Waals surface area contributed by atoms with Gasteiger partial charge in [-0.1, -0.05) is 0 Å². The number of nitrogens with zero attached hydrogens (tertiary/aromatic N) is 1. The number of hydrogen-bond donors (Lipinski definition) is 2. The molecule has 8 heteroatoms. The predicted molar refractivity (Wildman–Crippen MR) is 65.5 cm³/mol. The fourth-order valence-corrected chi connectivity index (χ4v) is 1.58. The molecule has 3 N–H and O–H groups in total. The third kappa shape index (κ3) is 3.08. The van der Waals surface area contributed by atoms with Gasteiger partial charge >= 0.3 is 6.18 Å². The highest BCUT2D eigenvalue weighted by Gasteiger charge is 2.35. The first-order chi connectivity index (χ1) is 9.25. The monoisotopic (exact) mass is 285 g/mol. The number of benzene rings is 1. The number of nitrogens with one attached hydrogen (secondary N) is 1. The van der Waals surface area contributed by atoms with Gasteiger partial charge in [0.15, 0.2) is 0 Å². The van der Waals surface area contributed by atoms with Crippen LogP contribution in [0.15, 0.2) is 29.1 Å². The molecule has 0 aliphatic rings. The molecule has 20 heavy (non-hydrogen) atoms. The van der Waals surface area contributed by atoms with Crippen LogP contribution < -0.4 is 16.0 Å². The van der Waals surface area contributed by atoms with Crippen molar-refractivity contribution in [1.82, 2.24) is 9.97 Å². The first-order valence-electron chi connectivity index (χ1n) is 5.48. The Labute approximate surface area is 111 Å². The van der Waals surface area contributed by atoms with E-state index in [1.54, 1.807) is 0 Å². The molecule has 1 aromatic carbocycles. The molecule has 0 fully saturated rings. The number of alkyl halides is 3. The van der Waals surface area contributed by atoms with Gasteiger partial charge in [0.25, 0.3) is 5.56 Å². The number of aromatic nitrogens is 2. The molecule has 106 valence electrons. The molecule has 5 nitrogen and oxygen atoms in total. The van der Waals surface area contributed by atoms with Crippen molar-refractivity contribution in [2.45, 2.75) is 13.1 Å². The van der Waals surface area contributed by atoms with Crippen molar-refractivity contribution in [3.05, 3.63) is 46.0 Å². The molecule has 0 aliphatic carbocycles. The minimum atomic E-state index is -4.62. The van der Waals surface area contributed by atoms with E-state index < -0.39 is 23.0 Å². The quantitative estimate of drug-likeness (QED) is 0.830. The van der Waals surface area contributed by atoms with Gasteiger partial charge < -0.3 is 15.5 Å². The standard InChI is InChI=1S/C12H10F3N3O2/c1-6-17-10(19)5-11(18-6)20-9-3-2-7(16)4-8(9)12(13,14)15/h2-5H,16H2,1H3,(H,17,18,19). The summed E-state index contributed by atoms with van der Waals surface area (Å²) >= 11 is 0. The number of aryl methyl sites for hydroxylation is 1. The second-order valence-electron chi connectivity index (χ2n) is 4.02. The van der Waals surface area contributed by atoms with Gasteiger partial charge in [-0.3, -0.25) is 4.79 Å². The van der Waals surface area contributed by atoms with Gasteiger partial charge in [0.1, 0.15) is 17.1 Å². The molecule has 0 amide bonds. The summed E-state index contributed by atoms with van der Waals surface area (Å²) in [4.78, 5) is 17.4. The number of halogens is 3. The molecule has 0 spiro atoms. The summed E-state index contributed by atoms with van der Waals surface area (Å²) < 4.78 is 43.6. The van der Waals surface area contributed by atoms with Gasteiger partial charge in [0.2, 0.25) is 5.88 Å². The third-order valence-electron chi connectivity index (χ3n) is 2.36. The van der Waals surface area contributed by atoms with Crippen LogP contribution in [0.1, 0.15) is 11.4 Å². The van der Waals surface area contributed by atoms with Gasteiger partial charge in [-0.15, -0.1) is 0 Å². The summed E-state index contributed by atoms with van der Waals surface area (Å²) in [5.74, 6) is -0.456. The number of nitrogen functional groups attached to an aromatic ring is 1. The molecule has 0 saturated heterocycles. The van der Waals surface area contributed by atoms with Gasteiger partial charge in [0, 0.05) is 5.69 Å². The van der Waals surface area contributed by atoms with Gasteiger partial charge in [-0.05, 0) is 25.1 Å². The molecule has 1 aromatic heterocycles. The number of rotatable bonds is 2. The third-order valence-corrected chi connectivity index (χ3v) is 2.36. The van der Waals surface area contributed by atoms with Crippen molar-refractivity contribution in [3.63, 3.8) is 0 Å². The average molecular weight is 285 g/mol. The van der Waals surface area contributed by atoms with E-state index in [1.807, 2.05) is 0 Å². The SMILES string of the molecule is Cc1nc(Oc2ccc(N)cc2C(F)(F)F)cc(=O)[nH]1. The van der Waals surface area contributed by atoms with Gasteiger partial charge in [-0.25, -0.2) is 4.98 Å². The second kappa shape index (κ2) is 4.87. The maximum Gasteiger partial charge on any atom is 0.420 e. The molecule has 0 unspecified atom stereocenters. The Balaban J connectivity index is 2.46. The Morgan fingerprint density at radius 1 is 1.30 bits per heavy atom. The summed E-state index contributed by atoms with van der Waals surface area (Å²) in [5, 5.41) is 0. The van der Waals surface area contributed by atoms with E-state index in [0.717, 1.165) is 18.2 Å². The van der Waals surface area contributed by atoms with Crippen LogP contribution in [0.2, 0.25) is 0 Å². The van der Waals surface area contributed by atoms with Crippen molar-refractivity contribution in [2.24, 2.45) is 0 Å². The summed E-state index contributed by atoms with van der Waals surface area (Å²) in [6.07, 6.45) is -4.62. The zero-order valence-corrected chi connectivity index (χ0v) is 10.3. The molecule has 0 radical (unpaired) electrons. The summed E-state index contributed by atoms with van der Waals surface area (Å²) in [5.41, 5.74) is 3.75. The lowest BCUT2D eigenvalue weighted by atomic mass is 10.1. The first kappa shape index (κ1) is 13.9. The number of H-pyrrole nitrogens is 1. The molecule has 1 heterocycles. The fourth-order valence-electron chi connectivity index (χ4n) is 1.58. The van der Waals surface area contributed by atoms with E-state index in [1.165, 1.54) is 13.0 Å². The molecule has 0 bridgehead atoms. The molecule has 0 atom stereocenters. The maximum atomic E-state index is 12.9. The zero-order valence-electron chi connectivity index (χ0n) is 10.3. The second-order valence-corrected chi connectivity index (χ2v) is 4.02. The number of ether oxygens (including phenoxy) is 1. The van der Waals surface area contributed by atoms with Crippen LogP contribution >= 0.6 is 0 Å². The molecule has 0 saturated carbocycles. The first-order valence-corrected chi connectivity index (χ1v) is 5.48. The Bertz CT molecular complexity index is 695. The van der Waals surface area contributed by atoms with Crippen molar-refractivity contribution < 1.29 is 17.9 Å². The van der Waals surface area contributed by atoms with Crippen LogP contribution in [0.4, 0.5) is 18.9 Å². The molecular formula is C12H10F3N3O2. The Morgan fingerprint density at radius 3 is 2.60 bits per heavy atom.